The predicted octanol–water partition coefficient (Wildman–Crippen LogP) is 1.50. The number of carboxylic acids is 1. The largest absolute Gasteiger partial charge is 1.00 e. The molecule has 0 fully saturated rings. The molecular weight excluding hydrogens is 599 g/mol. The normalized spacial score (nSPS) is 9.81. The van der Waals surface area contributed by atoms with Crippen LogP contribution in [-0.2, 0) is 4.74 Å². The summed E-state index contributed by atoms with van der Waals surface area (Å²) in [6.07, 6.45) is 2.77. The minimum atomic E-state index is -1.05. The number of carbonyl (C=O) groups is 2. The maximum atomic E-state index is 11.7. The van der Waals surface area contributed by atoms with Gasteiger partial charge in [-0.3, -0.25) is 9.97 Å². The molecule has 14 heteroatoms. The molecule has 2 N–H and O–H groups in total. The second-order valence-electron chi connectivity index (χ2n) is 6.44. The number of methoxy groups -OCH3 is 2. The Labute approximate surface area is 234 Å². The monoisotopic (exact) mass is 616 g/mol. The van der Waals surface area contributed by atoms with Gasteiger partial charge in [-0.25, -0.2) is 19.6 Å². The number of ether oxygens (including phenoxy) is 3. The van der Waals surface area contributed by atoms with E-state index in [-0.39, 0.29) is 29.9 Å². The molecule has 0 radical (unpaired) electrons. The molecular formula is C22H19Br2LiN4O7. The van der Waals surface area contributed by atoms with E-state index < -0.39 is 11.9 Å². The second-order valence-corrected chi connectivity index (χ2v) is 8.03. The summed E-state index contributed by atoms with van der Waals surface area (Å²) in [7, 11) is 3.03. The number of esters is 1. The van der Waals surface area contributed by atoms with E-state index in [0.29, 0.717) is 54.9 Å². The van der Waals surface area contributed by atoms with Crippen molar-refractivity contribution in [2.24, 2.45) is 0 Å². The molecule has 11 nitrogen and oxygen atoms in total. The van der Waals surface area contributed by atoms with E-state index in [1.807, 2.05) is 0 Å². The first kappa shape index (κ1) is 31.2. The topological polar surface area (TPSA) is 164 Å². The Morgan fingerprint density at radius 3 is 1.72 bits per heavy atom. The third kappa shape index (κ3) is 6.89. The van der Waals surface area contributed by atoms with Crippen molar-refractivity contribution in [2.45, 2.75) is 6.92 Å². The van der Waals surface area contributed by atoms with Gasteiger partial charge in [-0.05, 0) is 50.9 Å². The molecule has 0 amide bonds. The van der Waals surface area contributed by atoms with E-state index >= 15 is 0 Å². The first-order valence-corrected chi connectivity index (χ1v) is 11.3. The first-order valence-electron chi connectivity index (χ1n) is 9.69. The Morgan fingerprint density at radius 2 is 1.31 bits per heavy atom. The molecule has 0 bridgehead atoms. The summed E-state index contributed by atoms with van der Waals surface area (Å²) in [6, 6.07) is 6.88. The van der Waals surface area contributed by atoms with Gasteiger partial charge in [0.2, 0.25) is 11.8 Å². The van der Waals surface area contributed by atoms with Gasteiger partial charge in [-0.1, -0.05) is 0 Å². The first-order chi connectivity index (χ1) is 16.3. The van der Waals surface area contributed by atoms with Gasteiger partial charge >= 0.3 is 30.8 Å². The molecule has 4 rings (SSSR count). The Bertz CT molecular complexity index is 1390. The van der Waals surface area contributed by atoms with Crippen LogP contribution < -0.4 is 28.3 Å². The van der Waals surface area contributed by atoms with Gasteiger partial charge in [0, 0.05) is 24.5 Å². The number of aromatic nitrogens is 4. The average molecular weight is 618 g/mol. The van der Waals surface area contributed by atoms with Crippen LogP contribution in [0.25, 0.3) is 22.1 Å². The van der Waals surface area contributed by atoms with Crippen LogP contribution in [0.15, 0.2) is 45.6 Å². The number of carboxylic acid groups (broad SMARTS) is 1. The summed E-state index contributed by atoms with van der Waals surface area (Å²) >= 11 is 6.56. The van der Waals surface area contributed by atoms with Gasteiger partial charge in [-0.15, -0.1) is 0 Å². The Morgan fingerprint density at radius 1 is 0.861 bits per heavy atom. The number of rotatable bonds is 5. The molecule has 0 aliphatic heterocycles. The van der Waals surface area contributed by atoms with Crippen LogP contribution in [0.5, 0.6) is 11.8 Å². The van der Waals surface area contributed by atoms with Crippen LogP contribution in [0, 0.1) is 0 Å². The van der Waals surface area contributed by atoms with E-state index in [0.717, 1.165) is 0 Å². The fraction of sp³-hybridized carbons (Fsp3) is 0.182. The number of carbonyl (C=O) groups excluding carboxylic acids is 1. The molecule has 184 valence electrons. The number of fused-ring (bicyclic) bond motifs is 2. The van der Waals surface area contributed by atoms with Crippen LogP contribution >= 0.6 is 31.9 Å². The van der Waals surface area contributed by atoms with E-state index in [1.54, 1.807) is 31.2 Å². The van der Waals surface area contributed by atoms with Crippen molar-refractivity contribution < 1.29 is 53.2 Å². The summed E-state index contributed by atoms with van der Waals surface area (Å²) in [5.74, 6) is -0.599. The van der Waals surface area contributed by atoms with Crippen LogP contribution in [0.2, 0.25) is 0 Å². The van der Waals surface area contributed by atoms with Crippen molar-refractivity contribution in [3.8, 4) is 11.8 Å². The summed E-state index contributed by atoms with van der Waals surface area (Å²) in [5.41, 5.74) is 2.76. The summed E-state index contributed by atoms with van der Waals surface area (Å²) in [6.45, 7) is 2.07. The zero-order valence-electron chi connectivity index (χ0n) is 19.7. The smallest absolute Gasteiger partial charge is 0.870 e. The number of aromatic carboxylic acids is 1. The van der Waals surface area contributed by atoms with Crippen LogP contribution in [0.3, 0.4) is 0 Å². The molecule has 0 aromatic carbocycles. The maximum absolute atomic E-state index is 11.7. The molecule has 0 unspecified atom stereocenters. The van der Waals surface area contributed by atoms with Crippen LogP contribution in [0.1, 0.15) is 27.6 Å². The molecule has 0 aliphatic rings. The summed E-state index contributed by atoms with van der Waals surface area (Å²) in [5, 5.41) is 8.92. The zero-order valence-corrected chi connectivity index (χ0v) is 22.8. The molecule has 4 aromatic rings. The van der Waals surface area contributed by atoms with E-state index in [9.17, 15) is 9.59 Å². The van der Waals surface area contributed by atoms with Crippen molar-refractivity contribution in [1.82, 2.24) is 19.9 Å². The standard InChI is InChI=1S/C12H11BrN2O3.C10H7BrN2O3.Li.H2O/c1-3-18-12(16)7-6-14-8-4-5-9(17-2)15-11(8)10(7)13;1-16-7-3-2-6-9(13-7)8(11)5(4-12-6)10(14)15;;/h4-6H,3H2,1-2H3;2-4H,1H3,(H,14,15);;1H2/q;;+1;/p-1. The molecule has 0 saturated carbocycles. The minimum Gasteiger partial charge on any atom is -0.870 e. The Kier molecular flexibility index (Phi) is 12.2. The fourth-order valence-electron chi connectivity index (χ4n) is 2.76. The predicted molar refractivity (Wildman–Crippen MR) is 132 cm³/mol. The van der Waals surface area contributed by atoms with Crippen molar-refractivity contribution in [3.63, 3.8) is 0 Å². The average Bonchev–Trinajstić information content (AvgIpc) is 2.84. The quantitative estimate of drug-likeness (QED) is 0.255. The van der Waals surface area contributed by atoms with Gasteiger partial charge < -0.3 is 24.8 Å². The van der Waals surface area contributed by atoms with Gasteiger partial charge in [0.05, 0.1) is 51.9 Å². The Hall–Kier alpha value is -2.82. The fourth-order valence-corrected chi connectivity index (χ4v) is 3.88. The zero-order chi connectivity index (χ0) is 24.8. The van der Waals surface area contributed by atoms with Crippen LogP contribution in [-0.4, -0.2) is 63.3 Å². The SMILES string of the molecule is CCOC(=O)c1cnc2ccc(OC)nc2c1Br.COc1ccc2ncc(C(=O)O)c(Br)c2n1.[Li+].[OH-]. The van der Waals surface area contributed by atoms with Gasteiger partial charge in [0.25, 0.3) is 0 Å². The third-order valence-electron chi connectivity index (χ3n) is 4.40. The molecule has 4 heterocycles. The third-order valence-corrected chi connectivity index (χ3v) is 6.00. The van der Waals surface area contributed by atoms with Gasteiger partial charge in [0.15, 0.2) is 0 Å². The van der Waals surface area contributed by atoms with Crippen molar-refractivity contribution in [1.29, 1.82) is 0 Å². The molecule has 36 heavy (non-hydrogen) atoms. The molecule has 0 aliphatic carbocycles. The van der Waals surface area contributed by atoms with E-state index in [4.69, 9.17) is 19.3 Å². The number of nitrogens with zero attached hydrogens (tertiary/aromatic N) is 4. The van der Waals surface area contributed by atoms with E-state index in [1.165, 1.54) is 26.6 Å². The molecule has 4 aromatic heterocycles. The number of pyridine rings is 4. The van der Waals surface area contributed by atoms with Gasteiger partial charge in [0.1, 0.15) is 11.0 Å². The second kappa shape index (κ2) is 14.1. The Balaban J connectivity index is 0.000000343. The number of halogens is 2. The summed E-state index contributed by atoms with van der Waals surface area (Å²) in [4.78, 5) is 39.2. The van der Waals surface area contributed by atoms with Gasteiger partial charge in [-0.2, -0.15) is 0 Å². The molecule has 0 spiro atoms. The van der Waals surface area contributed by atoms with Crippen molar-refractivity contribution in [3.05, 3.63) is 56.7 Å². The number of hydrogen-bond acceptors (Lipinski definition) is 10. The number of hydrogen-bond donors (Lipinski definition) is 1. The van der Waals surface area contributed by atoms with Crippen LogP contribution in [0.4, 0.5) is 0 Å². The summed E-state index contributed by atoms with van der Waals surface area (Å²) < 4.78 is 15.9. The molecule has 0 atom stereocenters. The minimum absolute atomic E-state index is 0. The van der Waals surface area contributed by atoms with Crippen molar-refractivity contribution >= 4 is 65.9 Å². The maximum Gasteiger partial charge on any atom is 1.00 e. The van der Waals surface area contributed by atoms with E-state index in [2.05, 4.69) is 51.8 Å². The van der Waals surface area contributed by atoms with Crippen molar-refractivity contribution in [2.75, 3.05) is 20.8 Å². The molecule has 0 saturated heterocycles.